The molecule has 0 aliphatic carbocycles. The largest absolute Gasteiger partial charge is 0.371 e. The summed E-state index contributed by atoms with van der Waals surface area (Å²) in [5.74, 6) is 0.726. The molecule has 1 amide bonds. The number of allylic oxidation sites excluding steroid dienone is 5. The first kappa shape index (κ1) is 25.2. The summed E-state index contributed by atoms with van der Waals surface area (Å²) in [5, 5.41) is 0. The highest BCUT2D eigenvalue weighted by Crippen LogP contribution is 2.29. The number of amides is 1. The van der Waals surface area contributed by atoms with Crippen LogP contribution in [0.15, 0.2) is 40.2 Å². The second kappa shape index (κ2) is 11.4. The van der Waals surface area contributed by atoms with Crippen molar-refractivity contribution in [3.8, 4) is 0 Å². The fourth-order valence-corrected chi connectivity index (χ4v) is 3.79. The van der Waals surface area contributed by atoms with Crippen LogP contribution in [-0.2, 0) is 4.79 Å². The third kappa shape index (κ3) is 6.87. The minimum Gasteiger partial charge on any atom is -0.371 e. The van der Waals surface area contributed by atoms with Crippen LogP contribution in [0.3, 0.4) is 0 Å². The summed E-state index contributed by atoms with van der Waals surface area (Å²) < 4.78 is 0. The average Bonchev–Trinajstić information content (AvgIpc) is 2.69. The molecule has 164 valence electrons. The van der Waals surface area contributed by atoms with Crippen molar-refractivity contribution in [3.05, 3.63) is 35.2 Å². The normalized spacial score (nSPS) is 18.9. The van der Waals surface area contributed by atoms with E-state index in [4.69, 9.17) is 4.99 Å². The van der Waals surface area contributed by atoms with Crippen molar-refractivity contribution in [1.82, 2.24) is 9.80 Å². The van der Waals surface area contributed by atoms with E-state index in [1.54, 1.807) is 0 Å². The van der Waals surface area contributed by atoms with Gasteiger partial charge in [0.1, 0.15) is 0 Å². The minimum atomic E-state index is -0.318. The van der Waals surface area contributed by atoms with Gasteiger partial charge in [-0.25, -0.2) is 0 Å². The fraction of sp³-hybridized carbons (Fsp3) is 0.680. The molecule has 0 bridgehead atoms. The Morgan fingerprint density at radius 2 is 1.62 bits per heavy atom. The zero-order chi connectivity index (χ0) is 22.2. The Balaban J connectivity index is 3.21. The van der Waals surface area contributed by atoms with Crippen molar-refractivity contribution in [1.29, 1.82) is 0 Å². The highest BCUT2D eigenvalue weighted by atomic mass is 16.2. The average molecular weight is 402 g/mol. The first-order chi connectivity index (χ1) is 13.6. The van der Waals surface area contributed by atoms with Gasteiger partial charge in [0, 0.05) is 54.8 Å². The van der Waals surface area contributed by atoms with Gasteiger partial charge in [-0.1, -0.05) is 53.7 Å². The molecule has 1 aliphatic heterocycles. The lowest BCUT2D eigenvalue weighted by Crippen LogP contribution is -2.51. The van der Waals surface area contributed by atoms with Crippen molar-refractivity contribution in [2.24, 2.45) is 16.3 Å². The second-order valence-electron chi connectivity index (χ2n) is 9.05. The monoisotopic (exact) mass is 401 g/mol. The third-order valence-electron chi connectivity index (χ3n) is 5.76. The van der Waals surface area contributed by atoms with E-state index in [0.29, 0.717) is 5.92 Å². The van der Waals surface area contributed by atoms with Crippen LogP contribution in [0.4, 0.5) is 0 Å². The lowest BCUT2D eigenvalue weighted by atomic mass is 9.87. The summed E-state index contributed by atoms with van der Waals surface area (Å²) >= 11 is 0. The molecule has 0 saturated carbocycles. The predicted molar refractivity (Wildman–Crippen MR) is 126 cm³/mol. The van der Waals surface area contributed by atoms with Crippen molar-refractivity contribution in [3.63, 3.8) is 0 Å². The third-order valence-corrected chi connectivity index (χ3v) is 5.76. The van der Waals surface area contributed by atoms with Gasteiger partial charge >= 0.3 is 0 Å². The number of carbonyl (C=O) groups excluding carboxylic acids is 1. The Morgan fingerprint density at radius 3 is 2.07 bits per heavy atom. The standard InChI is InChI=1S/C25H43N3O/c1-10-13-14-26-20(5)23(22(12-3)19(4)11-2)21(6)27-15-17-28(18-16-27)24(29)25(7,8)9/h12-14,19H,10-11,15-18H2,1-9H3/b14-13+,22-12-,23-21-,26-20+. The number of carbonyl (C=O) groups is 1. The van der Waals surface area contributed by atoms with E-state index in [2.05, 4.69) is 58.6 Å². The molecule has 4 nitrogen and oxygen atoms in total. The van der Waals surface area contributed by atoms with E-state index in [9.17, 15) is 4.79 Å². The van der Waals surface area contributed by atoms with Crippen molar-refractivity contribution >= 4 is 11.6 Å². The number of rotatable bonds is 7. The Kier molecular flexibility index (Phi) is 9.88. The smallest absolute Gasteiger partial charge is 0.228 e. The van der Waals surface area contributed by atoms with Crippen molar-refractivity contribution in [2.45, 2.75) is 75.2 Å². The van der Waals surface area contributed by atoms with Crippen LogP contribution >= 0.6 is 0 Å². The summed E-state index contributed by atoms with van der Waals surface area (Å²) in [6.07, 6.45) is 8.34. The Bertz CT molecular complexity index is 669. The summed E-state index contributed by atoms with van der Waals surface area (Å²) in [5.41, 5.74) is 4.64. The van der Waals surface area contributed by atoms with Gasteiger partial charge in [-0.15, -0.1) is 0 Å². The van der Waals surface area contributed by atoms with Crippen LogP contribution < -0.4 is 0 Å². The topological polar surface area (TPSA) is 35.9 Å². The number of aliphatic imine (C=N–C) groups is 1. The van der Waals surface area contributed by atoms with E-state index in [1.807, 2.05) is 31.9 Å². The van der Waals surface area contributed by atoms with Crippen molar-refractivity contribution in [2.75, 3.05) is 26.2 Å². The summed E-state index contributed by atoms with van der Waals surface area (Å²) in [4.78, 5) is 21.8. The van der Waals surface area contributed by atoms with Gasteiger partial charge in [0.15, 0.2) is 0 Å². The molecule has 1 unspecified atom stereocenters. The second-order valence-corrected chi connectivity index (χ2v) is 9.05. The SMILES string of the molecule is C\C=C(C(/C(C)=N/C=C/CC)=C(/C)N1CCN(C(=O)C(C)(C)C)CC1)\C(C)CC. The zero-order valence-electron chi connectivity index (χ0n) is 20.3. The quantitative estimate of drug-likeness (QED) is 0.397. The first-order valence-corrected chi connectivity index (χ1v) is 11.2. The van der Waals surface area contributed by atoms with Crippen LogP contribution in [0.2, 0.25) is 0 Å². The zero-order valence-corrected chi connectivity index (χ0v) is 20.3. The van der Waals surface area contributed by atoms with Gasteiger partial charge < -0.3 is 9.80 Å². The summed E-state index contributed by atoms with van der Waals surface area (Å²) in [7, 11) is 0. The van der Waals surface area contributed by atoms with Gasteiger partial charge in [-0.05, 0) is 45.1 Å². The molecule has 4 heteroatoms. The molecule has 1 rings (SSSR count). The molecular weight excluding hydrogens is 358 g/mol. The Morgan fingerprint density at radius 1 is 1.07 bits per heavy atom. The van der Waals surface area contributed by atoms with Crippen LogP contribution in [-0.4, -0.2) is 47.6 Å². The molecule has 1 atom stereocenters. The first-order valence-electron chi connectivity index (χ1n) is 11.2. The molecule has 0 aromatic carbocycles. The van der Waals surface area contributed by atoms with Crippen LogP contribution in [0, 0.1) is 11.3 Å². The molecule has 1 heterocycles. The van der Waals surface area contributed by atoms with E-state index in [0.717, 1.165) is 44.7 Å². The van der Waals surface area contributed by atoms with Gasteiger partial charge in [-0.2, -0.15) is 0 Å². The molecular formula is C25H43N3O. The molecule has 0 aromatic rings. The lowest BCUT2D eigenvalue weighted by molar-refractivity contribution is -0.141. The molecule has 0 aromatic heterocycles. The number of hydrogen-bond donors (Lipinski definition) is 0. The Labute approximate surface area is 179 Å². The maximum absolute atomic E-state index is 12.6. The number of nitrogens with zero attached hydrogens (tertiary/aromatic N) is 3. The maximum Gasteiger partial charge on any atom is 0.228 e. The summed E-state index contributed by atoms with van der Waals surface area (Å²) in [6.45, 7) is 22.4. The lowest BCUT2D eigenvalue weighted by Gasteiger charge is -2.40. The van der Waals surface area contributed by atoms with Crippen LogP contribution in [0.25, 0.3) is 0 Å². The molecule has 0 N–H and O–H groups in total. The van der Waals surface area contributed by atoms with E-state index in [1.165, 1.54) is 16.8 Å². The summed E-state index contributed by atoms with van der Waals surface area (Å²) in [6, 6.07) is 0. The van der Waals surface area contributed by atoms with Gasteiger partial charge in [0.25, 0.3) is 0 Å². The molecule has 29 heavy (non-hydrogen) atoms. The molecule has 1 aliphatic rings. The highest BCUT2D eigenvalue weighted by Gasteiger charge is 2.30. The number of hydrogen-bond acceptors (Lipinski definition) is 3. The maximum atomic E-state index is 12.6. The van der Waals surface area contributed by atoms with E-state index < -0.39 is 0 Å². The van der Waals surface area contributed by atoms with Crippen LogP contribution in [0.1, 0.15) is 75.2 Å². The van der Waals surface area contributed by atoms with Crippen molar-refractivity contribution < 1.29 is 4.79 Å². The van der Waals surface area contributed by atoms with E-state index in [-0.39, 0.29) is 11.3 Å². The molecule has 1 fully saturated rings. The van der Waals surface area contributed by atoms with Gasteiger partial charge in [0.2, 0.25) is 5.91 Å². The van der Waals surface area contributed by atoms with E-state index >= 15 is 0 Å². The molecule has 0 spiro atoms. The fourth-order valence-electron chi connectivity index (χ4n) is 3.79. The molecule has 0 radical (unpaired) electrons. The Hall–Kier alpha value is -1.84. The van der Waals surface area contributed by atoms with Gasteiger partial charge in [0.05, 0.1) is 0 Å². The number of piperazine rings is 1. The highest BCUT2D eigenvalue weighted by molar-refractivity contribution is 6.03. The molecule has 1 saturated heterocycles. The minimum absolute atomic E-state index is 0.246. The predicted octanol–water partition coefficient (Wildman–Crippen LogP) is 5.83. The van der Waals surface area contributed by atoms with Gasteiger partial charge in [-0.3, -0.25) is 9.79 Å². The van der Waals surface area contributed by atoms with Crippen LogP contribution in [0.5, 0.6) is 0 Å².